The number of aliphatic hydroxyl groups excluding tert-OH is 1. The van der Waals surface area contributed by atoms with Gasteiger partial charge in [0, 0.05) is 13.1 Å². The topological polar surface area (TPSA) is 23.5 Å². The Labute approximate surface area is 102 Å². The molecule has 1 fully saturated rings. The van der Waals surface area contributed by atoms with Gasteiger partial charge in [-0.2, -0.15) is 0 Å². The van der Waals surface area contributed by atoms with E-state index in [0.29, 0.717) is 6.04 Å². The van der Waals surface area contributed by atoms with Crippen LogP contribution in [0.1, 0.15) is 37.9 Å². The highest BCUT2D eigenvalue weighted by atomic mass is 35.5. The van der Waals surface area contributed by atoms with Gasteiger partial charge in [0.1, 0.15) is 0 Å². The summed E-state index contributed by atoms with van der Waals surface area (Å²) in [6.07, 6.45) is 3.37. The second-order valence-corrected chi connectivity index (χ2v) is 4.99. The molecule has 1 aliphatic rings. The van der Waals surface area contributed by atoms with Crippen molar-refractivity contribution in [2.75, 3.05) is 11.9 Å². The van der Waals surface area contributed by atoms with Crippen LogP contribution in [-0.4, -0.2) is 18.2 Å². The van der Waals surface area contributed by atoms with Crippen LogP contribution in [0.2, 0.25) is 5.02 Å². The molecule has 16 heavy (non-hydrogen) atoms. The maximum absolute atomic E-state index is 9.47. The van der Waals surface area contributed by atoms with E-state index in [0.717, 1.165) is 16.3 Å². The van der Waals surface area contributed by atoms with Gasteiger partial charge in [-0.1, -0.05) is 17.7 Å². The molecule has 88 valence electrons. The van der Waals surface area contributed by atoms with E-state index in [2.05, 4.69) is 11.9 Å². The van der Waals surface area contributed by atoms with Crippen molar-refractivity contribution in [1.29, 1.82) is 0 Å². The molecule has 0 saturated heterocycles. The number of hydrogen-bond acceptors (Lipinski definition) is 2. The molecule has 0 radical (unpaired) electrons. The number of halogens is 1. The number of benzene rings is 1. The molecule has 3 heteroatoms. The van der Waals surface area contributed by atoms with Gasteiger partial charge >= 0.3 is 0 Å². The molecule has 0 unspecified atom stereocenters. The van der Waals surface area contributed by atoms with Gasteiger partial charge in [0.15, 0.2) is 0 Å². The summed E-state index contributed by atoms with van der Waals surface area (Å²) in [6.45, 7) is 1.75. The quantitative estimate of drug-likeness (QED) is 0.874. The molecule has 0 heterocycles. The molecule has 0 spiro atoms. The van der Waals surface area contributed by atoms with Crippen molar-refractivity contribution in [1.82, 2.24) is 0 Å². The van der Waals surface area contributed by atoms with E-state index in [4.69, 9.17) is 11.6 Å². The molecule has 1 atom stereocenters. The molecule has 1 aromatic rings. The summed E-state index contributed by atoms with van der Waals surface area (Å²) in [5, 5.41) is 10.2. The minimum absolute atomic E-state index is 0.458. The van der Waals surface area contributed by atoms with Crippen LogP contribution in [0.3, 0.4) is 0 Å². The first-order chi connectivity index (χ1) is 7.59. The van der Waals surface area contributed by atoms with E-state index in [1.807, 2.05) is 18.2 Å². The average molecular weight is 240 g/mol. The molecular formula is C13H18ClNO. The van der Waals surface area contributed by atoms with Crippen molar-refractivity contribution in [3.63, 3.8) is 0 Å². The average Bonchev–Trinajstić information content (AvgIpc) is 2.14. The van der Waals surface area contributed by atoms with Crippen LogP contribution in [0.4, 0.5) is 5.69 Å². The van der Waals surface area contributed by atoms with E-state index in [-0.39, 0.29) is 0 Å². The van der Waals surface area contributed by atoms with Crippen molar-refractivity contribution in [3.8, 4) is 0 Å². The fraction of sp³-hybridized carbons (Fsp3) is 0.538. The van der Waals surface area contributed by atoms with Crippen LogP contribution in [-0.2, 0) is 0 Å². The SMILES string of the molecule is C[C@H](O)c1ccc(N(C)C2CCC2)c(Cl)c1. The number of hydrogen-bond donors (Lipinski definition) is 1. The van der Waals surface area contributed by atoms with E-state index in [1.54, 1.807) is 6.92 Å². The van der Waals surface area contributed by atoms with Crippen molar-refractivity contribution in [2.24, 2.45) is 0 Å². The zero-order valence-electron chi connectivity index (χ0n) is 9.78. The summed E-state index contributed by atoms with van der Waals surface area (Å²) in [6, 6.07) is 6.44. The second-order valence-electron chi connectivity index (χ2n) is 4.58. The van der Waals surface area contributed by atoms with Gasteiger partial charge in [-0.25, -0.2) is 0 Å². The van der Waals surface area contributed by atoms with Crippen molar-refractivity contribution >= 4 is 17.3 Å². The predicted molar refractivity (Wildman–Crippen MR) is 68.1 cm³/mol. The first-order valence-corrected chi connectivity index (χ1v) is 6.17. The number of rotatable bonds is 3. The van der Waals surface area contributed by atoms with Gasteiger partial charge in [0.2, 0.25) is 0 Å². The van der Waals surface area contributed by atoms with Crippen LogP contribution in [0.15, 0.2) is 18.2 Å². The summed E-state index contributed by atoms with van der Waals surface area (Å²) >= 11 is 6.24. The van der Waals surface area contributed by atoms with Crippen molar-refractivity contribution in [2.45, 2.75) is 38.3 Å². The molecule has 0 aliphatic heterocycles. The number of nitrogens with zero attached hydrogens (tertiary/aromatic N) is 1. The normalized spacial score (nSPS) is 18.0. The highest BCUT2D eigenvalue weighted by molar-refractivity contribution is 6.33. The lowest BCUT2D eigenvalue weighted by atomic mass is 9.91. The van der Waals surface area contributed by atoms with Crippen LogP contribution in [0.5, 0.6) is 0 Å². The van der Waals surface area contributed by atoms with Gasteiger partial charge in [-0.15, -0.1) is 0 Å². The molecule has 1 saturated carbocycles. The van der Waals surface area contributed by atoms with E-state index in [1.165, 1.54) is 19.3 Å². The van der Waals surface area contributed by atoms with Crippen LogP contribution in [0, 0.1) is 0 Å². The molecule has 1 aromatic carbocycles. The first-order valence-electron chi connectivity index (χ1n) is 5.80. The van der Waals surface area contributed by atoms with Crippen molar-refractivity contribution < 1.29 is 5.11 Å². The summed E-state index contributed by atoms with van der Waals surface area (Å²) in [5.41, 5.74) is 1.94. The lowest BCUT2D eigenvalue weighted by molar-refractivity contribution is 0.199. The highest BCUT2D eigenvalue weighted by Crippen LogP contribution is 2.34. The lowest BCUT2D eigenvalue weighted by Crippen LogP contribution is -2.37. The highest BCUT2D eigenvalue weighted by Gasteiger charge is 2.23. The van der Waals surface area contributed by atoms with E-state index in [9.17, 15) is 5.11 Å². The monoisotopic (exact) mass is 239 g/mol. The smallest absolute Gasteiger partial charge is 0.0762 e. The molecule has 1 N–H and O–H groups in total. The van der Waals surface area contributed by atoms with Crippen molar-refractivity contribution in [3.05, 3.63) is 28.8 Å². The van der Waals surface area contributed by atoms with Gasteiger partial charge in [0.25, 0.3) is 0 Å². The van der Waals surface area contributed by atoms with Crippen LogP contribution in [0.25, 0.3) is 0 Å². The summed E-state index contributed by atoms with van der Waals surface area (Å²) in [5.74, 6) is 0. The Morgan fingerprint density at radius 1 is 1.44 bits per heavy atom. The third-order valence-electron chi connectivity index (χ3n) is 3.46. The minimum atomic E-state index is -0.458. The summed E-state index contributed by atoms with van der Waals surface area (Å²) < 4.78 is 0. The Hall–Kier alpha value is -0.730. The van der Waals surface area contributed by atoms with Gasteiger partial charge in [-0.3, -0.25) is 0 Å². The molecule has 1 aliphatic carbocycles. The zero-order valence-corrected chi connectivity index (χ0v) is 10.5. The fourth-order valence-electron chi connectivity index (χ4n) is 2.04. The second kappa shape index (κ2) is 4.64. The summed E-state index contributed by atoms with van der Waals surface area (Å²) in [7, 11) is 2.09. The maximum Gasteiger partial charge on any atom is 0.0762 e. The van der Waals surface area contributed by atoms with Gasteiger partial charge in [-0.05, 0) is 43.9 Å². The lowest BCUT2D eigenvalue weighted by Gasteiger charge is -2.37. The standard InChI is InChI=1S/C13H18ClNO/c1-9(16)10-6-7-13(12(14)8-10)15(2)11-4-3-5-11/h6-9,11,16H,3-5H2,1-2H3/t9-/m0/s1. The van der Waals surface area contributed by atoms with E-state index < -0.39 is 6.10 Å². The van der Waals surface area contributed by atoms with E-state index >= 15 is 0 Å². The number of anilines is 1. The predicted octanol–water partition coefficient (Wildman–Crippen LogP) is 3.38. The Morgan fingerprint density at radius 3 is 2.56 bits per heavy atom. The first kappa shape index (κ1) is 11.7. The third kappa shape index (κ3) is 2.18. The number of aliphatic hydroxyl groups is 1. The minimum Gasteiger partial charge on any atom is -0.389 e. The molecular weight excluding hydrogens is 222 g/mol. The summed E-state index contributed by atoms with van der Waals surface area (Å²) in [4.78, 5) is 2.25. The van der Waals surface area contributed by atoms with Crippen LogP contribution >= 0.6 is 11.6 Å². The Kier molecular flexibility index (Phi) is 3.41. The molecule has 0 amide bonds. The largest absolute Gasteiger partial charge is 0.389 e. The molecule has 0 bridgehead atoms. The molecule has 2 nitrogen and oxygen atoms in total. The molecule has 2 rings (SSSR count). The Bertz CT molecular complexity index is 374. The fourth-order valence-corrected chi connectivity index (χ4v) is 2.36. The maximum atomic E-state index is 9.47. The van der Waals surface area contributed by atoms with Gasteiger partial charge in [0.05, 0.1) is 16.8 Å². The Balaban J connectivity index is 2.21. The van der Waals surface area contributed by atoms with Gasteiger partial charge < -0.3 is 10.0 Å². The third-order valence-corrected chi connectivity index (χ3v) is 3.76. The zero-order chi connectivity index (χ0) is 11.7. The van der Waals surface area contributed by atoms with Crippen LogP contribution < -0.4 is 4.90 Å². The molecule has 0 aromatic heterocycles. The Morgan fingerprint density at radius 2 is 2.12 bits per heavy atom.